The Hall–Kier alpha value is -4.04. The highest BCUT2D eigenvalue weighted by Crippen LogP contribution is 2.40. The van der Waals surface area contributed by atoms with Crippen LogP contribution in [0.2, 0.25) is 0 Å². The Morgan fingerprint density at radius 1 is 1.29 bits per heavy atom. The number of aromatic nitrogens is 4. The van der Waals surface area contributed by atoms with Crippen molar-refractivity contribution in [3.63, 3.8) is 0 Å². The van der Waals surface area contributed by atoms with Gasteiger partial charge in [-0.15, -0.1) is 0 Å². The fourth-order valence-corrected chi connectivity index (χ4v) is 3.96. The highest BCUT2D eigenvalue weighted by atomic mass is 19.3. The van der Waals surface area contributed by atoms with Gasteiger partial charge in [0.05, 0.1) is 13.2 Å². The van der Waals surface area contributed by atoms with E-state index in [1.54, 1.807) is 23.9 Å². The third-order valence-electron chi connectivity index (χ3n) is 6.35. The minimum absolute atomic E-state index is 0.0647. The molecule has 0 saturated heterocycles. The maximum Gasteiger partial charge on any atom is 0.301 e. The first-order valence-electron chi connectivity index (χ1n) is 11.5. The molecule has 0 radical (unpaired) electrons. The molecule has 3 aromatic heterocycles. The molecule has 38 heavy (non-hydrogen) atoms. The van der Waals surface area contributed by atoms with Gasteiger partial charge in [0.2, 0.25) is 0 Å². The number of nitrogens with zero attached hydrogens (tertiary/aromatic N) is 5. The minimum Gasteiger partial charge on any atom is -0.385 e. The van der Waals surface area contributed by atoms with Crippen molar-refractivity contribution < 1.29 is 27.4 Å². The summed E-state index contributed by atoms with van der Waals surface area (Å²) in [5.74, 6) is -5.81. The largest absolute Gasteiger partial charge is 0.385 e. The Morgan fingerprint density at radius 3 is 2.68 bits per heavy atom. The smallest absolute Gasteiger partial charge is 0.301 e. The molecule has 0 spiro atoms. The van der Waals surface area contributed by atoms with Crippen molar-refractivity contribution >= 4 is 34.5 Å². The maximum atomic E-state index is 14.9. The summed E-state index contributed by atoms with van der Waals surface area (Å²) in [5.41, 5.74) is 8.52. The van der Waals surface area contributed by atoms with E-state index in [9.17, 15) is 18.0 Å². The van der Waals surface area contributed by atoms with Crippen LogP contribution in [0.3, 0.4) is 0 Å². The summed E-state index contributed by atoms with van der Waals surface area (Å²) < 4.78 is 55.9. The van der Waals surface area contributed by atoms with Crippen molar-refractivity contribution in [3.8, 4) is 0 Å². The van der Waals surface area contributed by atoms with Gasteiger partial charge >= 0.3 is 5.92 Å². The van der Waals surface area contributed by atoms with E-state index in [4.69, 9.17) is 20.9 Å². The number of methoxy groups -OCH3 is 1. The average Bonchev–Trinajstić information content (AvgIpc) is 3.27. The molecule has 0 unspecified atom stereocenters. The number of anilines is 2. The molecule has 0 fully saturated rings. The van der Waals surface area contributed by atoms with Crippen LogP contribution in [0.4, 0.5) is 24.8 Å². The second kappa shape index (κ2) is 9.68. The van der Waals surface area contributed by atoms with Gasteiger partial charge < -0.3 is 30.8 Å². The van der Waals surface area contributed by atoms with E-state index in [1.807, 2.05) is 0 Å². The molecule has 1 aliphatic heterocycles. The number of rotatable bonds is 8. The van der Waals surface area contributed by atoms with Crippen LogP contribution in [-0.2, 0) is 21.6 Å². The fourth-order valence-electron chi connectivity index (χ4n) is 3.96. The van der Waals surface area contributed by atoms with Gasteiger partial charge in [-0.3, -0.25) is 9.79 Å². The Bertz CT molecular complexity index is 1440. The van der Waals surface area contributed by atoms with Crippen molar-refractivity contribution in [1.82, 2.24) is 19.5 Å². The molecule has 4 rings (SSSR count). The molecule has 2 atom stereocenters. The second-order valence-electron chi connectivity index (χ2n) is 9.07. The van der Waals surface area contributed by atoms with Gasteiger partial charge in [-0.2, -0.15) is 8.78 Å². The van der Waals surface area contributed by atoms with E-state index in [0.29, 0.717) is 30.4 Å². The number of fused-ring (bicyclic) bond motifs is 1. The van der Waals surface area contributed by atoms with Crippen LogP contribution >= 0.6 is 0 Å². The lowest BCUT2D eigenvalue weighted by Crippen LogP contribution is -2.61. The van der Waals surface area contributed by atoms with Gasteiger partial charge in [0.15, 0.2) is 22.8 Å². The zero-order chi connectivity index (χ0) is 27.9. The molecule has 0 saturated carbocycles. The second-order valence-corrected chi connectivity index (χ2v) is 9.07. The van der Waals surface area contributed by atoms with Crippen LogP contribution < -0.4 is 16.8 Å². The molecule has 1 aliphatic rings. The number of nitrogens with two attached hydrogens (primary N) is 2. The van der Waals surface area contributed by atoms with Crippen molar-refractivity contribution in [3.05, 3.63) is 54.3 Å². The number of nitrogen functional groups attached to an aromatic ring is 1. The van der Waals surface area contributed by atoms with Gasteiger partial charge in [-0.05, 0) is 38.1 Å². The molecule has 5 N–H and O–H groups in total. The van der Waals surface area contributed by atoms with Gasteiger partial charge in [0, 0.05) is 19.9 Å². The third kappa shape index (κ3) is 4.56. The number of aliphatic imine (C=N–C) groups is 1. The first-order chi connectivity index (χ1) is 17.8. The van der Waals surface area contributed by atoms with E-state index in [0.717, 1.165) is 13.0 Å². The van der Waals surface area contributed by atoms with Gasteiger partial charge in [0.25, 0.3) is 5.91 Å². The highest BCUT2D eigenvalue weighted by Gasteiger charge is 2.56. The summed E-state index contributed by atoms with van der Waals surface area (Å²) in [4.78, 5) is 29.9. The number of hydrogen-bond acceptors (Lipinski definition) is 9. The number of amidine groups is 1. The molecular weight excluding hydrogens is 505 g/mol. The number of hydrogen-bond donors (Lipinski definition) is 3. The monoisotopic (exact) mass is 532 g/mol. The molecule has 202 valence electrons. The standard InChI is InChI=1S/C24H27F3N8O3/c1-5-24(26,27)23(3)21(29)34-22(2,12-38-23)17-13(25)6-7-15(31-17)32-20(36)16-18(28)33-19-14(30-16)8-9-35(19)10-11-37-4/h5-9H,1,10-12H2,2-4H3,(H2,28,33)(H2,29,34)(H,31,32,36)/t22-,23+/m0/s1. The maximum absolute atomic E-state index is 14.9. The summed E-state index contributed by atoms with van der Waals surface area (Å²) in [5, 5.41) is 2.51. The zero-order valence-electron chi connectivity index (χ0n) is 21.0. The zero-order valence-corrected chi connectivity index (χ0v) is 21.0. The first-order valence-corrected chi connectivity index (χ1v) is 11.5. The number of alkyl halides is 2. The van der Waals surface area contributed by atoms with E-state index in [-0.39, 0.29) is 23.0 Å². The lowest BCUT2D eigenvalue weighted by Gasteiger charge is -2.42. The van der Waals surface area contributed by atoms with Crippen LogP contribution in [0, 0.1) is 5.82 Å². The molecule has 0 bridgehead atoms. The molecular formula is C24H27F3N8O3. The minimum atomic E-state index is -3.53. The number of carbonyl (C=O) groups is 1. The molecule has 0 aromatic carbocycles. The number of halogens is 3. The van der Waals surface area contributed by atoms with E-state index in [2.05, 4.69) is 31.8 Å². The van der Waals surface area contributed by atoms with Crippen LogP contribution in [0.25, 0.3) is 11.2 Å². The van der Waals surface area contributed by atoms with Crippen molar-refractivity contribution in [2.24, 2.45) is 10.7 Å². The summed E-state index contributed by atoms with van der Waals surface area (Å²) in [6.45, 7) is 6.11. The predicted molar refractivity (Wildman–Crippen MR) is 134 cm³/mol. The quantitative estimate of drug-likeness (QED) is 0.374. The Morgan fingerprint density at radius 2 is 2.03 bits per heavy atom. The SMILES string of the molecule is C=CC(F)(F)[C@]1(C)OC[C@@](C)(c2nc(NC(=O)c3nc4ccn(CCOC)c4nc3N)ccc2F)N=C1N. The van der Waals surface area contributed by atoms with Gasteiger partial charge in [-0.25, -0.2) is 19.3 Å². The summed E-state index contributed by atoms with van der Waals surface area (Å²) in [6.07, 6.45) is 2.15. The molecule has 1 amide bonds. The number of pyridine rings is 1. The van der Waals surface area contributed by atoms with Crippen LogP contribution in [0.5, 0.6) is 0 Å². The Balaban J connectivity index is 1.62. The number of amides is 1. The fraction of sp³-hybridized carbons (Fsp3) is 0.375. The van der Waals surface area contributed by atoms with Crippen LogP contribution in [0.15, 0.2) is 42.0 Å². The van der Waals surface area contributed by atoms with Crippen LogP contribution in [0.1, 0.15) is 30.0 Å². The van der Waals surface area contributed by atoms with E-state index < -0.39 is 41.2 Å². The summed E-state index contributed by atoms with van der Waals surface area (Å²) >= 11 is 0. The normalized spacial score (nSPS) is 21.8. The lowest BCUT2D eigenvalue weighted by atomic mass is 9.90. The molecule has 0 aliphatic carbocycles. The highest BCUT2D eigenvalue weighted by molar-refractivity contribution is 6.06. The summed E-state index contributed by atoms with van der Waals surface area (Å²) in [6, 6.07) is 3.95. The number of ether oxygens (including phenoxy) is 2. The molecule has 3 aromatic rings. The number of carbonyl (C=O) groups excluding carboxylic acids is 1. The predicted octanol–water partition coefficient (Wildman–Crippen LogP) is 2.63. The van der Waals surface area contributed by atoms with E-state index >= 15 is 0 Å². The Kier molecular flexibility index (Phi) is 6.88. The van der Waals surface area contributed by atoms with Gasteiger partial charge in [-0.1, -0.05) is 6.58 Å². The topological polar surface area (TPSA) is 156 Å². The van der Waals surface area contributed by atoms with Crippen molar-refractivity contribution in [2.75, 3.05) is 31.4 Å². The molecule has 14 heteroatoms. The van der Waals surface area contributed by atoms with Gasteiger partial charge in [0.1, 0.15) is 34.2 Å². The summed E-state index contributed by atoms with van der Waals surface area (Å²) in [7, 11) is 1.57. The van der Waals surface area contributed by atoms with E-state index in [1.165, 1.54) is 13.0 Å². The Labute approximate surface area is 215 Å². The first kappa shape index (κ1) is 27.0. The average molecular weight is 533 g/mol. The third-order valence-corrected chi connectivity index (χ3v) is 6.35. The lowest BCUT2D eigenvalue weighted by molar-refractivity contribution is -0.150. The van der Waals surface area contributed by atoms with Crippen molar-refractivity contribution in [1.29, 1.82) is 0 Å². The molecule has 11 nitrogen and oxygen atoms in total. The molecule has 4 heterocycles. The van der Waals surface area contributed by atoms with Crippen LogP contribution in [-0.4, -0.2) is 63.1 Å². The van der Waals surface area contributed by atoms with Crippen molar-refractivity contribution in [2.45, 2.75) is 37.5 Å². The number of nitrogens with one attached hydrogen (secondary N) is 1.